The molecule has 5 heteroatoms. The number of fused-ring (bicyclic) bond motifs is 1. The van der Waals surface area contributed by atoms with Crippen LogP contribution in [-0.2, 0) is 0 Å². The summed E-state index contributed by atoms with van der Waals surface area (Å²) in [6.07, 6.45) is -4.43. The maximum atomic E-state index is 12.8. The van der Waals surface area contributed by atoms with Gasteiger partial charge in [0.2, 0.25) is 6.10 Å². The van der Waals surface area contributed by atoms with Gasteiger partial charge in [-0.15, -0.1) is 0 Å². The Labute approximate surface area is 96.9 Å². The minimum atomic E-state index is -4.39. The summed E-state index contributed by atoms with van der Waals surface area (Å²) in [6, 6.07) is 4.60. The molecular formula is C12H12F3NO. The fourth-order valence-electron chi connectivity index (χ4n) is 1.83. The first kappa shape index (κ1) is 11.8. The summed E-state index contributed by atoms with van der Waals surface area (Å²) in [6.45, 7) is 1.67. The molecule has 1 aromatic carbocycles. The number of hydrogen-bond acceptors (Lipinski definition) is 2. The maximum Gasteiger partial charge on any atom is 0.429 e. The largest absolute Gasteiger partial charge is 0.476 e. The maximum absolute atomic E-state index is 12.8. The third kappa shape index (κ3) is 2.23. The number of hydrogen-bond donors (Lipinski definition) is 1. The molecule has 17 heavy (non-hydrogen) atoms. The SMILES string of the molecule is CCC1=Cc2cc(N)ccc2OC1C(F)(F)F. The Balaban J connectivity index is 2.45. The van der Waals surface area contributed by atoms with Gasteiger partial charge in [-0.05, 0) is 36.3 Å². The molecule has 1 unspecified atom stereocenters. The zero-order chi connectivity index (χ0) is 12.6. The van der Waals surface area contributed by atoms with Gasteiger partial charge < -0.3 is 10.5 Å². The van der Waals surface area contributed by atoms with Gasteiger partial charge in [-0.1, -0.05) is 6.92 Å². The van der Waals surface area contributed by atoms with Crippen LogP contribution in [0.4, 0.5) is 18.9 Å². The summed E-state index contributed by atoms with van der Waals surface area (Å²) in [5.74, 6) is 0.221. The van der Waals surface area contributed by atoms with Crippen molar-refractivity contribution in [1.82, 2.24) is 0 Å². The normalized spacial score (nSPS) is 19.3. The highest BCUT2D eigenvalue weighted by atomic mass is 19.4. The summed E-state index contributed by atoms with van der Waals surface area (Å²) in [7, 11) is 0. The van der Waals surface area contributed by atoms with E-state index in [4.69, 9.17) is 10.5 Å². The van der Waals surface area contributed by atoms with Crippen LogP contribution in [0.25, 0.3) is 6.08 Å². The van der Waals surface area contributed by atoms with E-state index in [0.29, 0.717) is 17.7 Å². The molecule has 2 N–H and O–H groups in total. The summed E-state index contributed by atoms with van der Waals surface area (Å²) >= 11 is 0. The van der Waals surface area contributed by atoms with E-state index in [2.05, 4.69) is 0 Å². The highest BCUT2D eigenvalue weighted by Crippen LogP contribution is 2.38. The van der Waals surface area contributed by atoms with Crippen LogP contribution in [-0.4, -0.2) is 12.3 Å². The first-order valence-electron chi connectivity index (χ1n) is 5.25. The molecule has 0 radical (unpaired) electrons. The van der Waals surface area contributed by atoms with Crippen molar-refractivity contribution in [3.05, 3.63) is 29.3 Å². The molecule has 1 aliphatic heterocycles. The minimum Gasteiger partial charge on any atom is -0.476 e. The van der Waals surface area contributed by atoms with Crippen molar-refractivity contribution in [3.8, 4) is 5.75 Å². The molecular weight excluding hydrogens is 231 g/mol. The predicted molar refractivity (Wildman–Crippen MR) is 59.6 cm³/mol. The molecule has 0 fully saturated rings. The van der Waals surface area contributed by atoms with Crippen LogP contribution in [0.1, 0.15) is 18.9 Å². The number of halogens is 3. The summed E-state index contributed by atoms with van der Waals surface area (Å²) in [5, 5.41) is 0. The van der Waals surface area contributed by atoms with Gasteiger partial charge in [0.25, 0.3) is 0 Å². The average Bonchev–Trinajstić information content (AvgIpc) is 2.25. The van der Waals surface area contributed by atoms with E-state index in [1.165, 1.54) is 18.2 Å². The molecule has 0 amide bonds. The smallest absolute Gasteiger partial charge is 0.429 e. The molecule has 0 spiro atoms. The summed E-state index contributed by atoms with van der Waals surface area (Å²) in [4.78, 5) is 0. The molecule has 1 aliphatic rings. The monoisotopic (exact) mass is 243 g/mol. The molecule has 1 aromatic rings. The molecule has 0 bridgehead atoms. The van der Waals surface area contributed by atoms with Gasteiger partial charge in [0, 0.05) is 11.3 Å². The topological polar surface area (TPSA) is 35.2 Å². The van der Waals surface area contributed by atoms with E-state index in [9.17, 15) is 13.2 Å². The summed E-state index contributed by atoms with van der Waals surface area (Å²) < 4.78 is 43.3. The highest BCUT2D eigenvalue weighted by molar-refractivity contribution is 5.67. The zero-order valence-electron chi connectivity index (χ0n) is 9.21. The molecule has 1 atom stereocenters. The second-order valence-electron chi connectivity index (χ2n) is 3.91. The standard InChI is InChI=1S/C12H12F3NO/c1-2-7-5-8-6-9(16)3-4-10(8)17-11(7)12(13,14)15/h3-6,11H,2,16H2,1H3. The van der Waals surface area contributed by atoms with Gasteiger partial charge in [0.1, 0.15) is 5.75 Å². The number of alkyl halides is 3. The van der Waals surface area contributed by atoms with Crippen LogP contribution >= 0.6 is 0 Å². The highest BCUT2D eigenvalue weighted by Gasteiger charge is 2.45. The van der Waals surface area contributed by atoms with E-state index < -0.39 is 12.3 Å². The molecule has 0 aromatic heterocycles. The lowest BCUT2D eigenvalue weighted by Crippen LogP contribution is -2.37. The van der Waals surface area contributed by atoms with Gasteiger partial charge in [-0.3, -0.25) is 0 Å². The summed E-state index contributed by atoms with van der Waals surface area (Å²) in [5.41, 5.74) is 6.90. The van der Waals surface area contributed by atoms with Gasteiger partial charge >= 0.3 is 6.18 Å². The number of ether oxygens (including phenoxy) is 1. The fraction of sp³-hybridized carbons (Fsp3) is 0.333. The Morgan fingerprint density at radius 1 is 1.35 bits per heavy atom. The number of nitrogen functional groups attached to an aromatic ring is 1. The van der Waals surface area contributed by atoms with Crippen molar-refractivity contribution in [2.45, 2.75) is 25.6 Å². The molecule has 2 nitrogen and oxygen atoms in total. The van der Waals surface area contributed by atoms with Crippen LogP contribution in [0.15, 0.2) is 23.8 Å². The van der Waals surface area contributed by atoms with Crippen LogP contribution in [0, 0.1) is 0 Å². The van der Waals surface area contributed by atoms with Gasteiger partial charge in [0.15, 0.2) is 0 Å². The van der Waals surface area contributed by atoms with Crippen molar-refractivity contribution in [2.75, 3.05) is 5.73 Å². The van der Waals surface area contributed by atoms with Crippen molar-refractivity contribution in [2.24, 2.45) is 0 Å². The van der Waals surface area contributed by atoms with E-state index >= 15 is 0 Å². The second kappa shape index (κ2) is 3.98. The minimum absolute atomic E-state index is 0.218. The predicted octanol–water partition coefficient (Wildman–Crippen LogP) is 3.39. The Hall–Kier alpha value is -1.65. The second-order valence-corrected chi connectivity index (χ2v) is 3.91. The number of nitrogens with two attached hydrogens (primary N) is 1. The van der Waals surface area contributed by atoms with E-state index in [1.807, 2.05) is 0 Å². The lowest BCUT2D eigenvalue weighted by Gasteiger charge is -2.28. The van der Waals surface area contributed by atoms with E-state index in [-0.39, 0.29) is 11.3 Å². The van der Waals surface area contributed by atoms with E-state index in [0.717, 1.165) is 0 Å². The molecule has 2 rings (SSSR count). The Morgan fingerprint density at radius 3 is 2.65 bits per heavy atom. The van der Waals surface area contributed by atoms with Gasteiger partial charge in [0.05, 0.1) is 0 Å². The van der Waals surface area contributed by atoms with Crippen molar-refractivity contribution in [1.29, 1.82) is 0 Å². The van der Waals surface area contributed by atoms with Crippen LogP contribution in [0.3, 0.4) is 0 Å². The van der Waals surface area contributed by atoms with E-state index in [1.54, 1.807) is 13.0 Å². The van der Waals surface area contributed by atoms with Crippen molar-refractivity contribution in [3.63, 3.8) is 0 Å². The zero-order valence-corrected chi connectivity index (χ0v) is 9.21. The van der Waals surface area contributed by atoms with Gasteiger partial charge in [-0.2, -0.15) is 13.2 Å². The lowest BCUT2D eigenvalue weighted by molar-refractivity contribution is -0.184. The average molecular weight is 243 g/mol. The Bertz CT molecular complexity index is 465. The first-order valence-corrected chi connectivity index (χ1v) is 5.25. The van der Waals surface area contributed by atoms with Crippen molar-refractivity contribution < 1.29 is 17.9 Å². The van der Waals surface area contributed by atoms with Crippen LogP contribution in [0.2, 0.25) is 0 Å². The Kier molecular flexibility index (Phi) is 2.77. The third-order valence-electron chi connectivity index (χ3n) is 2.66. The van der Waals surface area contributed by atoms with Gasteiger partial charge in [-0.25, -0.2) is 0 Å². The fourth-order valence-corrected chi connectivity index (χ4v) is 1.83. The molecule has 0 aliphatic carbocycles. The van der Waals surface area contributed by atoms with Crippen LogP contribution < -0.4 is 10.5 Å². The molecule has 92 valence electrons. The Morgan fingerprint density at radius 2 is 2.06 bits per heavy atom. The quantitative estimate of drug-likeness (QED) is 0.767. The van der Waals surface area contributed by atoms with Crippen molar-refractivity contribution >= 4 is 11.8 Å². The number of benzene rings is 1. The first-order chi connectivity index (χ1) is 7.91. The number of rotatable bonds is 1. The molecule has 0 saturated heterocycles. The van der Waals surface area contributed by atoms with Crippen LogP contribution in [0.5, 0.6) is 5.75 Å². The third-order valence-corrected chi connectivity index (χ3v) is 2.66. The molecule has 0 saturated carbocycles. The molecule has 1 heterocycles. The number of anilines is 1. The lowest BCUT2D eigenvalue weighted by atomic mass is 9.99.